The molecule has 1 saturated carbocycles. The third kappa shape index (κ3) is 3.93. The van der Waals surface area contributed by atoms with E-state index in [0.717, 1.165) is 35.1 Å². The summed E-state index contributed by atoms with van der Waals surface area (Å²) < 4.78 is 2.12. The number of anilines is 2. The summed E-state index contributed by atoms with van der Waals surface area (Å²) >= 11 is 1.39. The van der Waals surface area contributed by atoms with Crippen molar-refractivity contribution in [3.8, 4) is 11.4 Å². The van der Waals surface area contributed by atoms with Gasteiger partial charge in [-0.15, -0.1) is 10.2 Å². The predicted octanol–water partition coefficient (Wildman–Crippen LogP) is 3.53. The van der Waals surface area contributed by atoms with Gasteiger partial charge < -0.3 is 10.2 Å². The molecule has 1 fully saturated rings. The molecule has 0 saturated heterocycles. The lowest BCUT2D eigenvalue weighted by atomic mass is 10.2. The second-order valence-corrected chi connectivity index (χ2v) is 8.76. The maximum Gasteiger partial charge on any atom is 0.237 e. The van der Waals surface area contributed by atoms with Crippen molar-refractivity contribution in [2.75, 3.05) is 16.0 Å². The van der Waals surface area contributed by atoms with Crippen molar-refractivity contribution in [2.24, 2.45) is 0 Å². The smallest absolute Gasteiger partial charge is 0.237 e. The van der Waals surface area contributed by atoms with Gasteiger partial charge in [0.1, 0.15) is 0 Å². The third-order valence-corrected chi connectivity index (χ3v) is 6.38. The first kappa shape index (κ1) is 19.7. The number of rotatable bonds is 5. The van der Waals surface area contributed by atoms with Gasteiger partial charge in [-0.1, -0.05) is 23.9 Å². The molecule has 158 valence electrons. The number of aromatic nitrogens is 4. The molecule has 1 N–H and O–H groups in total. The van der Waals surface area contributed by atoms with Crippen LogP contribution in [0.1, 0.15) is 32.2 Å². The number of thioether (sulfide) groups is 1. The fourth-order valence-corrected chi connectivity index (χ4v) is 4.76. The van der Waals surface area contributed by atoms with E-state index >= 15 is 0 Å². The number of hydrogen-bond acceptors (Lipinski definition) is 6. The van der Waals surface area contributed by atoms with Crippen molar-refractivity contribution in [1.82, 2.24) is 19.7 Å². The summed E-state index contributed by atoms with van der Waals surface area (Å²) in [5.41, 5.74) is 2.31. The maximum atomic E-state index is 13.3. The van der Waals surface area contributed by atoms with E-state index in [1.165, 1.54) is 11.8 Å². The Hall–Kier alpha value is -3.20. The van der Waals surface area contributed by atoms with E-state index in [0.29, 0.717) is 11.7 Å². The molecule has 31 heavy (non-hydrogen) atoms. The van der Waals surface area contributed by atoms with Crippen LogP contribution in [0.25, 0.3) is 11.4 Å². The molecule has 2 aliphatic rings. The van der Waals surface area contributed by atoms with Gasteiger partial charge >= 0.3 is 0 Å². The van der Waals surface area contributed by atoms with Gasteiger partial charge in [0.25, 0.3) is 0 Å². The van der Waals surface area contributed by atoms with Gasteiger partial charge in [0, 0.05) is 36.5 Å². The summed E-state index contributed by atoms with van der Waals surface area (Å²) in [5, 5.41) is 12.4. The monoisotopic (exact) mass is 434 g/mol. The van der Waals surface area contributed by atoms with Crippen LogP contribution in [-0.2, 0) is 9.59 Å². The van der Waals surface area contributed by atoms with Crippen LogP contribution >= 0.6 is 11.8 Å². The topological polar surface area (TPSA) is 93.0 Å². The van der Waals surface area contributed by atoms with Crippen LogP contribution in [0.5, 0.6) is 0 Å². The van der Waals surface area contributed by atoms with Gasteiger partial charge in [-0.3, -0.25) is 19.1 Å². The molecule has 1 atom stereocenters. The highest BCUT2D eigenvalue weighted by atomic mass is 32.2. The highest BCUT2D eigenvalue weighted by Crippen LogP contribution is 2.41. The van der Waals surface area contributed by atoms with Gasteiger partial charge in [0.2, 0.25) is 11.8 Å². The average Bonchev–Trinajstić information content (AvgIpc) is 3.54. The molecule has 3 heterocycles. The lowest BCUT2D eigenvalue weighted by Gasteiger charge is -2.27. The van der Waals surface area contributed by atoms with Crippen LogP contribution in [0, 0.1) is 0 Å². The van der Waals surface area contributed by atoms with Crippen LogP contribution in [0.2, 0.25) is 0 Å². The minimum atomic E-state index is -0.232. The molecule has 1 aliphatic heterocycles. The summed E-state index contributed by atoms with van der Waals surface area (Å²) in [7, 11) is 0. The number of pyridine rings is 1. The zero-order valence-corrected chi connectivity index (χ0v) is 17.9. The molecule has 9 heteroatoms. The molecule has 5 rings (SSSR count). The van der Waals surface area contributed by atoms with Gasteiger partial charge in [0.05, 0.1) is 17.1 Å². The quantitative estimate of drug-likeness (QED) is 0.618. The highest BCUT2D eigenvalue weighted by Gasteiger charge is 2.32. The number of nitrogens with zero attached hydrogens (tertiary/aromatic N) is 5. The first-order chi connectivity index (χ1) is 15.1. The van der Waals surface area contributed by atoms with Crippen LogP contribution in [0.3, 0.4) is 0 Å². The van der Waals surface area contributed by atoms with Crippen molar-refractivity contribution >= 4 is 35.0 Å². The van der Waals surface area contributed by atoms with Crippen molar-refractivity contribution < 1.29 is 9.59 Å². The molecular formula is C22H22N6O2S. The standard InChI is InChI=1S/C22H22N6O2S/c1-14-11-19(29)24-17-6-2-3-7-18(17)27(14)20(30)13-31-22-26-25-21(28(22)16-8-9-16)15-5-4-10-23-12-15/h2-7,10,12,14,16H,8-9,11,13H2,1H3,(H,24,29)/t14-/m0/s1. The molecule has 0 unspecified atom stereocenters. The number of amides is 2. The van der Waals surface area contributed by atoms with E-state index in [-0.39, 0.29) is 30.0 Å². The second kappa shape index (κ2) is 8.14. The number of carbonyl (C=O) groups excluding carboxylic acids is 2. The molecule has 1 aromatic carbocycles. The largest absolute Gasteiger partial charge is 0.324 e. The molecule has 2 amide bonds. The Labute approximate surface area is 184 Å². The predicted molar refractivity (Wildman–Crippen MR) is 119 cm³/mol. The first-order valence-corrected chi connectivity index (χ1v) is 11.3. The van der Waals surface area contributed by atoms with Crippen LogP contribution in [-0.4, -0.2) is 43.4 Å². The Morgan fingerprint density at radius 2 is 2.03 bits per heavy atom. The fourth-order valence-electron chi connectivity index (χ4n) is 3.89. The number of nitrogens with one attached hydrogen (secondary N) is 1. The summed E-state index contributed by atoms with van der Waals surface area (Å²) in [6, 6.07) is 11.4. The third-order valence-electron chi connectivity index (χ3n) is 5.45. The Bertz CT molecular complexity index is 1130. The van der Waals surface area contributed by atoms with E-state index in [1.54, 1.807) is 17.3 Å². The fraction of sp³-hybridized carbons (Fsp3) is 0.318. The average molecular weight is 435 g/mol. The molecular weight excluding hydrogens is 412 g/mol. The number of hydrogen-bond donors (Lipinski definition) is 1. The van der Waals surface area contributed by atoms with Crippen LogP contribution in [0.15, 0.2) is 53.9 Å². The van der Waals surface area contributed by atoms with Crippen molar-refractivity contribution in [1.29, 1.82) is 0 Å². The van der Waals surface area contributed by atoms with Crippen LogP contribution in [0.4, 0.5) is 11.4 Å². The van der Waals surface area contributed by atoms with Crippen molar-refractivity contribution in [3.63, 3.8) is 0 Å². The number of para-hydroxylation sites is 2. The zero-order valence-electron chi connectivity index (χ0n) is 17.1. The Kier molecular flexibility index (Phi) is 5.19. The number of carbonyl (C=O) groups is 2. The Morgan fingerprint density at radius 3 is 2.81 bits per heavy atom. The van der Waals surface area contributed by atoms with E-state index in [2.05, 4.69) is 25.1 Å². The van der Waals surface area contributed by atoms with Crippen LogP contribution < -0.4 is 10.2 Å². The Morgan fingerprint density at radius 1 is 1.19 bits per heavy atom. The van der Waals surface area contributed by atoms with E-state index in [9.17, 15) is 9.59 Å². The normalized spacial score (nSPS) is 18.3. The summed E-state index contributed by atoms with van der Waals surface area (Å²) in [6.07, 6.45) is 5.93. The van der Waals surface area contributed by atoms with Gasteiger partial charge in [-0.25, -0.2) is 0 Å². The maximum absolute atomic E-state index is 13.3. The summed E-state index contributed by atoms with van der Waals surface area (Å²) in [4.78, 5) is 31.4. The molecule has 1 aliphatic carbocycles. The number of fused-ring (bicyclic) bond motifs is 1. The van der Waals surface area contributed by atoms with Crippen molar-refractivity contribution in [2.45, 2.75) is 43.4 Å². The van der Waals surface area contributed by atoms with Gasteiger partial charge in [-0.05, 0) is 44.0 Å². The lowest BCUT2D eigenvalue weighted by Crippen LogP contribution is -2.40. The van der Waals surface area contributed by atoms with E-state index in [1.807, 2.05) is 43.3 Å². The lowest BCUT2D eigenvalue weighted by molar-refractivity contribution is -0.117. The molecule has 2 aromatic heterocycles. The molecule has 8 nitrogen and oxygen atoms in total. The van der Waals surface area contributed by atoms with Gasteiger partial charge in [-0.2, -0.15) is 0 Å². The minimum absolute atomic E-state index is 0.0604. The molecule has 0 radical (unpaired) electrons. The summed E-state index contributed by atoms with van der Waals surface area (Å²) in [5.74, 6) is 0.853. The van der Waals surface area contributed by atoms with Crippen molar-refractivity contribution in [3.05, 3.63) is 48.8 Å². The van der Waals surface area contributed by atoms with Gasteiger partial charge in [0.15, 0.2) is 11.0 Å². The zero-order chi connectivity index (χ0) is 21.4. The van der Waals surface area contributed by atoms with E-state index in [4.69, 9.17) is 0 Å². The summed E-state index contributed by atoms with van der Waals surface area (Å²) in [6.45, 7) is 1.90. The molecule has 0 spiro atoms. The van der Waals surface area contributed by atoms with E-state index < -0.39 is 0 Å². The first-order valence-electron chi connectivity index (χ1n) is 10.3. The molecule has 0 bridgehead atoms. The minimum Gasteiger partial charge on any atom is -0.324 e. The highest BCUT2D eigenvalue weighted by molar-refractivity contribution is 7.99. The molecule has 3 aromatic rings. The SMILES string of the molecule is C[C@H]1CC(=O)Nc2ccccc2N1C(=O)CSc1nnc(-c2cccnc2)n1C1CC1. The Balaban J connectivity index is 1.39. The second-order valence-electron chi connectivity index (χ2n) is 7.82. The number of benzene rings is 1.